The van der Waals surface area contributed by atoms with Crippen LogP contribution in [0.2, 0.25) is 0 Å². The molecular weight excluding hydrogens is 355 g/mol. The van der Waals surface area contributed by atoms with Gasteiger partial charge in [-0.1, -0.05) is 0 Å². The Morgan fingerprint density at radius 2 is 1.88 bits per heavy atom. The zero-order chi connectivity index (χ0) is 19.1. The summed E-state index contributed by atoms with van der Waals surface area (Å²) in [6.07, 6.45) is -1.04. The van der Waals surface area contributed by atoms with Crippen molar-refractivity contribution in [2.75, 3.05) is 12.8 Å². The maximum Gasteiger partial charge on any atom is 0.436 e. The van der Waals surface area contributed by atoms with Gasteiger partial charge < -0.3 is 15.0 Å². The van der Waals surface area contributed by atoms with Crippen LogP contribution < -0.4 is 5.73 Å². The van der Waals surface area contributed by atoms with E-state index < -0.39 is 23.4 Å². The molecule has 9 nitrogen and oxygen atoms in total. The van der Waals surface area contributed by atoms with Gasteiger partial charge in [0.25, 0.3) is 5.95 Å². The number of hydrogen-bond donors (Lipinski definition) is 1. The van der Waals surface area contributed by atoms with Gasteiger partial charge in [0, 0.05) is 19.4 Å². The predicted octanol–water partition coefficient (Wildman–Crippen LogP) is 1.45. The Kier molecular flexibility index (Phi) is 4.10. The number of ether oxygens (including phenoxy) is 1. The van der Waals surface area contributed by atoms with E-state index in [0.717, 1.165) is 22.6 Å². The number of halogens is 3. The van der Waals surface area contributed by atoms with Crippen LogP contribution in [-0.4, -0.2) is 42.4 Å². The lowest BCUT2D eigenvalue weighted by Gasteiger charge is -2.08. The average molecular weight is 367 g/mol. The largest absolute Gasteiger partial charge is 0.464 e. The van der Waals surface area contributed by atoms with E-state index in [1.807, 2.05) is 0 Å². The van der Waals surface area contributed by atoms with Gasteiger partial charge in [-0.05, 0) is 6.07 Å². The molecule has 0 aliphatic carbocycles. The number of nitrogens with zero attached hydrogens (tertiary/aromatic N) is 6. The second kappa shape index (κ2) is 6.13. The molecule has 0 saturated carbocycles. The summed E-state index contributed by atoms with van der Waals surface area (Å²) in [6, 6.07) is 1.50. The summed E-state index contributed by atoms with van der Waals surface area (Å²) in [5.41, 5.74) is 4.11. The Balaban J connectivity index is 2.26. The first-order valence-corrected chi connectivity index (χ1v) is 7.09. The van der Waals surface area contributed by atoms with Crippen LogP contribution in [0.3, 0.4) is 0 Å². The van der Waals surface area contributed by atoms with Crippen molar-refractivity contribution in [1.29, 1.82) is 0 Å². The third-order valence-corrected chi connectivity index (χ3v) is 3.54. The number of esters is 1. The molecule has 0 aliphatic heterocycles. The highest BCUT2D eigenvalue weighted by molar-refractivity contribution is 5.88. The van der Waals surface area contributed by atoms with E-state index in [0.29, 0.717) is 0 Å². The highest BCUT2D eigenvalue weighted by Gasteiger charge is 2.41. The fourth-order valence-corrected chi connectivity index (χ4v) is 2.34. The Hall–Kier alpha value is -3.44. The molecule has 12 heteroatoms. The first-order chi connectivity index (χ1) is 12.3. The fourth-order valence-electron chi connectivity index (χ4n) is 2.34. The van der Waals surface area contributed by atoms with Crippen molar-refractivity contribution < 1.29 is 22.7 Å². The lowest BCUT2D eigenvalue weighted by Crippen LogP contribution is -2.11. The number of nitrogen functional groups attached to an aromatic ring is 1. The summed E-state index contributed by atoms with van der Waals surface area (Å²) < 4.78 is 47.0. The standard InChI is InChI=1S/C14H12F3N7O2/c1-23-7(12(25)26-2)6-21-11(23)8-9(14(15,16)17)22-24(10(8)18)13-19-4-3-5-20-13/h3-6H,18H2,1-2H3. The number of anilines is 1. The van der Waals surface area contributed by atoms with Gasteiger partial charge in [-0.25, -0.2) is 19.7 Å². The summed E-state index contributed by atoms with van der Waals surface area (Å²) in [7, 11) is 2.51. The molecule has 2 N–H and O–H groups in total. The Morgan fingerprint density at radius 3 is 2.46 bits per heavy atom. The number of hydrogen-bond acceptors (Lipinski definition) is 7. The number of carbonyl (C=O) groups excluding carboxylic acids is 1. The number of imidazole rings is 1. The zero-order valence-corrected chi connectivity index (χ0v) is 13.5. The third-order valence-electron chi connectivity index (χ3n) is 3.54. The molecule has 0 atom stereocenters. The van der Waals surface area contributed by atoms with Gasteiger partial charge >= 0.3 is 12.1 Å². The molecule has 0 aliphatic rings. The smallest absolute Gasteiger partial charge is 0.436 e. The molecular formula is C14H12F3N7O2. The SMILES string of the molecule is COC(=O)c1cnc(-c2c(C(F)(F)F)nn(-c3ncccn3)c2N)n1C. The van der Waals surface area contributed by atoms with Crippen LogP contribution in [0.1, 0.15) is 16.2 Å². The van der Waals surface area contributed by atoms with Gasteiger partial charge in [-0.3, -0.25) is 0 Å². The number of alkyl halides is 3. The van der Waals surface area contributed by atoms with Crippen molar-refractivity contribution in [2.24, 2.45) is 7.05 Å². The molecule has 136 valence electrons. The molecule has 0 aromatic carbocycles. The minimum Gasteiger partial charge on any atom is -0.464 e. The van der Waals surface area contributed by atoms with Gasteiger partial charge in [-0.15, -0.1) is 0 Å². The maximum atomic E-state index is 13.5. The first-order valence-electron chi connectivity index (χ1n) is 7.09. The molecule has 0 bridgehead atoms. The molecule has 0 radical (unpaired) electrons. The Bertz CT molecular complexity index is 963. The first kappa shape index (κ1) is 17.4. The number of aromatic nitrogens is 6. The molecule has 26 heavy (non-hydrogen) atoms. The molecule has 0 saturated heterocycles. The van der Waals surface area contributed by atoms with Crippen molar-refractivity contribution in [3.8, 4) is 17.3 Å². The van der Waals surface area contributed by atoms with Crippen molar-refractivity contribution in [3.63, 3.8) is 0 Å². The van der Waals surface area contributed by atoms with Crippen LogP contribution in [0.15, 0.2) is 24.7 Å². The summed E-state index contributed by atoms with van der Waals surface area (Å²) >= 11 is 0. The predicted molar refractivity (Wildman–Crippen MR) is 82.1 cm³/mol. The molecule has 3 aromatic heterocycles. The molecule has 0 fully saturated rings. The summed E-state index contributed by atoms with van der Waals surface area (Å²) in [6.45, 7) is 0. The topological polar surface area (TPSA) is 114 Å². The van der Waals surface area contributed by atoms with Gasteiger partial charge in [0.05, 0.1) is 18.9 Å². The van der Waals surface area contributed by atoms with Gasteiger partial charge in [0.2, 0.25) is 0 Å². The number of nitrogens with two attached hydrogens (primary N) is 1. The Morgan fingerprint density at radius 1 is 1.23 bits per heavy atom. The molecule has 3 heterocycles. The van der Waals surface area contributed by atoms with Crippen LogP contribution in [0.5, 0.6) is 0 Å². The molecule has 0 amide bonds. The molecule has 3 aromatic rings. The monoisotopic (exact) mass is 367 g/mol. The van der Waals surface area contributed by atoms with Crippen LogP contribution in [0.4, 0.5) is 19.0 Å². The molecule has 3 rings (SSSR count). The summed E-state index contributed by atoms with van der Waals surface area (Å²) in [5.74, 6) is -1.45. The lowest BCUT2D eigenvalue weighted by atomic mass is 10.2. The average Bonchev–Trinajstić information content (AvgIpc) is 3.14. The number of carbonyl (C=O) groups is 1. The van der Waals surface area contributed by atoms with E-state index in [2.05, 4.69) is 24.8 Å². The van der Waals surface area contributed by atoms with Crippen LogP contribution >= 0.6 is 0 Å². The normalized spacial score (nSPS) is 11.6. The lowest BCUT2D eigenvalue weighted by molar-refractivity contribution is -0.140. The minimum atomic E-state index is -4.82. The van der Waals surface area contributed by atoms with Crippen molar-refractivity contribution in [1.82, 2.24) is 29.3 Å². The Labute approximate surface area is 144 Å². The van der Waals surface area contributed by atoms with Gasteiger partial charge in [0.15, 0.2) is 5.69 Å². The van der Waals surface area contributed by atoms with Gasteiger partial charge in [0.1, 0.15) is 17.3 Å². The quantitative estimate of drug-likeness (QED) is 0.697. The highest BCUT2D eigenvalue weighted by Crippen LogP contribution is 2.39. The molecule has 0 unspecified atom stereocenters. The second-order valence-corrected chi connectivity index (χ2v) is 5.08. The molecule has 0 spiro atoms. The van der Waals surface area contributed by atoms with Gasteiger partial charge in [-0.2, -0.15) is 23.0 Å². The zero-order valence-electron chi connectivity index (χ0n) is 13.5. The number of rotatable bonds is 3. The number of methoxy groups -OCH3 is 1. The van der Waals surface area contributed by atoms with Crippen molar-refractivity contribution >= 4 is 11.8 Å². The van der Waals surface area contributed by atoms with Crippen LogP contribution in [-0.2, 0) is 18.0 Å². The summed E-state index contributed by atoms with van der Waals surface area (Å²) in [4.78, 5) is 23.3. The second-order valence-electron chi connectivity index (χ2n) is 5.08. The van der Waals surface area contributed by atoms with Crippen LogP contribution in [0.25, 0.3) is 17.3 Å². The van der Waals surface area contributed by atoms with E-state index in [1.54, 1.807) is 0 Å². The fraction of sp³-hybridized carbons (Fsp3) is 0.214. The van der Waals surface area contributed by atoms with E-state index >= 15 is 0 Å². The highest BCUT2D eigenvalue weighted by atomic mass is 19.4. The minimum absolute atomic E-state index is 0.0428. The third kappa shape index (κ3) is 2.74. The summed E-state index contributed by atoms with van der Waals surface area (Å²) in [5, 5.41) is 3.52. The van der Waals surface area contributed by atoms with Crippen molar-refractivity contribution in [2.45, 2.75) is 6.18 Å². The van der Waals surface area contributed by atoms with E-state index in [9.17, 15) is 18.0 Å². The van der Waals surface area contributed by atoms with E-state index in [1.165, 1.54) is 25.5 Å². The van der Waals surface area contributed by atoms with Crippen molar-refractivity contribution in [3.05, 3.63) is 36.0 Å². The van der Waals surface area contributed by atoms with E-state index in [4.69, 9.17) is 5.73 Å². The van der Waals surface area contributed by atoms with Crippen LogP contribution in [0, 0.1) is 0 Å². The van der Waals surface area contributed by atoms with E-state index in [-0.39, 0.29) is 23.3 Å². The maximum absolute atomic E-state index is 13.5.